The monoisotopic (exact) mass is 331 g/mol. The predicted octanol–water partition coefficient (Wildman–Crippen LogP) is 4.56. The minimum Gasteiger partial charge on any atom is -0.325 e. The smallest absolute Gasteiger partial charge is 0.228 e. The van der Waals surface area contributed by atoms with Gasteiger partial charge in [0.05, 0.1) is 12.1 Å². The third-order valence-electron chi connectivity index (χ3n) is 3.33. The first kappa shape index (κ1) is 14.8. The number of halogens is 1. The predicted molar refractivity (Wildman–Crippen MR) is 87.1 cm³/mol. The SMILES string of the molecule is Cc1ccc(NC(=O)Cc2ccc(C)c(C)c2)c(Br)c1. The Morgan fingerprint density at radius 1 is 1.05 bits per heavy atom. The number of aryl methyl sites for hydroxylation is 3. The Labute approximate surface area is 128 Å². The van der Waals surface area contributed by atoms with Gasteiger partial charge in [-0.2, -0.15) is 0 Å². The zero-order valence-corrected chi connectivity index (χ0v) is 13.5. The van der Waals surface area contributed by atoms with E-state index < -0.39 is 0 Å². The summed E-state index contributed by atoms with van der Waals surface area (Å²) < 4.78 is 0.908. The number of carbonyl (C=O) groups excluding carboxylic acids is 1. The molecule has 2 aromatic carbocycles. The Hall–Kier alpha value is -1.61. The van der Waals surface area contributed by atoms with E-state index in [2.05, 4.69) is 47.2 Å². The fraction of sp³-hybridized carbons (Fsp3) is 0.235. The molecule has 2 rings (SSSR count). The number of amides is 1. The minimum absolute atomic E-state index is 0.00203. The number of benzene rings is 2. The van der Waals surface area contributed by atoms with E-state index in [9.17, 15) is 4.79 Å². The lowest BCUT2D eigenvalue weighted by Crippen LogP contribution is -2.14. The normalized spacial score (nSPS) is 10.4. The summed E-state index contributed by atoms with van der Waals surface area (Å²) in [7, 11) is 0. The summed E-state index contributed by atoms with van der Waals surface area (Å²) in [6.07, 6.45) is 0.390. The summed E-state index contributed by atoms with van der Waals surface area (Å²) >= 11 is 3.47. The zero-order valence-electron chi connectivity index (χ0n) is 12.0. The van der Waals surface area contributed by atoms with Crippen LogP contribution in [0.2, 0.25) is 0 Å². The maximum atomic E-state index is 12.1. The van der Waals surface area contributed by atoms with Gasteiger partial charge in [0.1, 0.15) is 0 Å². The van der Waals surface area contributed by atoms with Crippen LogP contribution in [0.3, 0.4) is 0 Å². The number of hydrogen-bond acceptors (Lipinski definition) is 1. The molecule has 3 heteroatoms. The van der Waals surface area contributed by atoms with E-state index in [-0.39, 0.29) is 5.91 Å². The quantitative estimate of drug-likeness (QED) is 0.877. The molecule has 1 amide bonds. The second kappa shape index (κ2) is 6.23. The lowest BCUT2D eigenvalue weighted by atomic mass is 10.0. The fourth-order valence-corrected chi connectivity index (χ4v) is 2.61. The van der Waals surface area contributed by atoms with E-state index in [0.29, 0.717) is 6.42 Å². The van der Waals surface area contributed by atoms with Crippen LogP contribution in [-0.4, -0.2) is 5.91 Å². The highest BCUT2D eigenvalue weighted by Gasteiger charge is 2.07. The van der Waals surface area contributed by atoms with Crippen LogP contribution in [0.15, 0.2) is 40.9 Å². The molecule has 1 N–H and O–H groups in total. The topological polar surface area (TPSA) is 29.1 Å². The highest BCUT2D eigenvalue weighted by atomic mass is 79.9. The van der Waals surface area contributed by atoms with Crippen LogP contribution in [0.4, 0.5) is 5.69 Å². The van der Waals surface area contributed by atoms with E-state index in [4.69, 9.17) is 0 Å². The van der Waals surface area contributed by atoms with Gasteiger partial charge in [-0.15, -0.1) is 0 Å². The summed E-state index contributed by atoms with van der Waals surface area (Å²) in [5.41, 5.74) is 5.46. The highest BCUT2D eigenvalue weighted by Crippen LogP contribution is 2.23. The Kier molecular flexibility index (Phi) is 4.61. The van der Waals surface area contributed by atoms with Gasteiger partial charge in [0.25, 0.3) is 0 Å². The maximum Gasteiger partial charge on any atom is 0.228 e. The van der Waals surface area contributed by atoms with Gasteiger partial charge in [0, 0.05) is 4.47 Å². The first-order chi connectivity index (χ1) is 9.45. The van der Waals surface area contributed by atoms with Crippen molar-refractivity contribution in [1.29, 1.82) is 0 Å². The number of nitrogens with one attached hydrogen (secondary N) is 1. The van der Waals surface area contributed by atoms with Crippen LogP contribution in [0, 0.1) is 20.8 Å². The van der Waals surface area contributed by atoms with Gasteiger partial charge < -0.3 is 5.32 Å². The molecule has 0 radical (unpaired) electrons. The highest BCUT2D eigenvalue weighted by molar-refractivity contribution is 9.10. The number of hydrogen-bond donors (Lipinski definition) is 1. The third-order valence-corrected chi connectivity index (χ3v) is 3.99. The maximum absolute atomic E-state index is 12.1. The van der Waals surface area contributed by atoms with Crippen molar-refractivity contribution in [3.05, 3.63) is 63.1 Å². The molecule has 0 heterocycles. The van der Waals surface area contributed by atoms with E-state index >= 15 is 0 Å². The Bertz CT molecular complexity index is 649. The van der Waals surface area contributed by atoms with Crippen molar-refractivity contribution in [3.63, 3.8) is 0 Å². The van der Waals surface area contributed by atoms with E-state index in [1.54, 1.807) is 0 Å². The second-order valence-electron chi connectivity index (χ2n) is 5.13. The summed E-state index contributed by atoms with van der Waals surface area (Å²) in [6, 6.07) is 12.0. The second-order valence-corrected chi connectivity index (χ2v) is 5.98. The van der Waals surface area contributed by atoms with Crippen LogP contribution >= 0.6 is 15.9 Å². The largest absolute Gasteiger partial charge is 0.325 e. The lowest BCUT2D eigenvalue weighted by Gasteiger charge is -2.09. The fourth-order valence-electron chi connectivity index (χ4n) is 2.01. The molecule has 0 aliphatic carbocycles. The van der Waals surface area contributed by atoms with Crippen molar-refractivity contribution in [2.45, 2.75) is 27.2 Å². The van der Waals surface area contributed by atoms with Crippen molar-refractivity contribution in [3.8, 4) is 0 Å². The Morgan fingerprint density at radius 3 is 2.45 bits per heavy atom. The Morgan fingerprint density at radius 2 is 1.80 bits per heavy atom. The molecule has 0 aliphatic rings. The van der Waals surface area contributed by atoms with Gasteiger partial charge >= 0.3 is 0 Å². The summed E-state index contributed by atoms with van der Waals surface area (Å²) in [5.74, 6) is -0.00203. The van der Waals surface area contributed by atoms with Crippen LogP contribution in [-0.2, 0) is 11.2 Å². The van der Waals surface area contributed by atoms with Crippen molar-refractivity contribution in [2.75, 3.05) is 5.32 Å². The summed E-state index contributed by atoms with van der Waals surface area (Å²) in [6.45, 7) is 6.15. The summed E-state index contributed by atoms with van der Waals surface area (Å²) in [4.78, 5) is 12.1. The van der Waals surface area contributed by atoms with Gasteiger partial charge in [-0.1, -0.05) is 24.3 Å². The molecule has 2 aromatic rings. The van der Waals surface area contributed by atoms with Crippen LogP contribution in [0.5, 0.6) is 0 Å². The molecule has 104 valence electrons. The molecule has 0 unspecified atom stereocenters. The molecule has 20 heavy (non-hydrogen) atoms. The molecule has 0 aliphatic heterocycles. The molecule has 0 aromatic heterocycles. The van der Waals surface area contributed by atoms with E-state index in [1.165, 1.54) is 11.1 Å². The van der Waals surface area contributed by atoms with Crippen LogP contribution in [0.25, 0.3) is 0 Å². The first-order valence-electron chi connectivity index (χ1n) is 6.58. The van der Waals surface area contributed by atoms with E-state index in [1.807, 2.05) is 31.2 Å². The lowest BCUT2D eigenvalue weighted by molar-refractivity contribution is -0.115. The zero-order chi connectivity index (χ0) is 14.7. The van der Waals surface area contributed by atoms with Crippen LogP contribution < -0.4 is 5.32 Å². The van der Waals surface area contributed by atoms with Crippen molar-refractivity contribution in [2.24, 2.45) is 0 Å². The van der Waals surface area contributed by atoms with Crippen LogP contribution in [0.1, 0.15) is 22.3 Å². The van der Waals surface area contributed by atoms with Gasteiger partial charge in [-0.25, -0.2) is 0 Å². The standard InChI is InChI=1S/C17H18BrNO/c1-11-4-7-16(15(18)8-11)19-17(20)10-14-6-5-12(2)13(3)9-14/h4-9H,10H2,1-3H3,(H,19,20). The van der Waals surface area contributed by atoms with Gasteiger partial charge in [0.15, 0.2) is 0 Å². The minimum atomic E-state index is -0.00203. The van der Waals surface area contributed by atoms with Gasteiger partial charge in [-0.05, 0) is 71.1 Å². The average Bonchev–Trinajstić information content (AvgIpc) is 2.37. The molecule has 0 bridgehead atoms. The molecule has 0 saturated heterocycles. The van der Waals surface area contributed by atoms with Crippen molar-refractivity contribution < 1.29 is 4.79 Å². The first-order valence-corrected chi connectivity index (χ1v) is 7.37. The number of carbonyl (C=O) groups is 1. The Balaban J connectivity index is 2.07. The molecule has 0 fully saturated rings. The molecule has 2 nitrogen and oxygen atoms in total. The molecular weight excluding hydrogens is 314 g/mol. The molecule has 0 saturated carbocycles. The van der Waals surface area contributed by atoms with E-state index in [0.717, 1.165) is 21.3 Å². The number of rotatable bonds is 3. The van der Waals surface area contributed by atoms with Gasteiger partial charge in [-0.3, -0.25) is 4.79 Å². The van der Waals surface area contributed by atoms with Gasteiger partial charge in [0.2, 0.25) is 5.91 Å². The summed E-state index contributed by atoms with van der Waals surface area (Å²) in [5, 5.41) is 2.93. The average molecular weight is 332 g/mol. The van der Waals surface area contributed by atoms with Crippen molar-refractivity contribution in [1.82, 2.24) is 0 Å². The third kappa shape index (κ3) is 3.70. The molecular formula is C17H18BrNO. The number of anilines is 1. The van der Waals surface area contributed by atoms with Crippen molar-refractivity contribution >= 4 is 27.5 Å². The molecule has 0 spiro atoms. The molecule has 0 atom stereocenters.